The highest BCUT2D eigenvalue weighted by molar-refractivity contribution is 6.04. The van der Waals surface area contributed by atoms with Crippen LogP contribution in [0, 0.1) is 11.6 Å². The first-order valence-electron chi connectivity index (χ1n) is 7.50. The first-order chi connectivity index (χ1) is 11.4. The van der Waals surface area contributed by atoms with Gasteiger partial charge in [-0.05, 0) is 47.9 Å². The molecule has 0 aliphatic heterocycles. The van der Waals surface area contributed by atoms with Crippen LogP contribution in [0.25, 0.3) is 22.2 Å². The predicted octanol–water partition coefficient (Wildman–Crippen LogP) is 5.00. The van der Waals surface area contributed by atoms with Gasteiger partial charge < -0.3 is 5.11 Å². The molecule has 0 saturated heterocycles. The molecule has 3 rings (SSSR count). The lowest BCUT2D eigenvalue weighted by Crippen LogP contribution is -2.01. The van der Waals surface area contributed by atoms with E-state index in [1.807, 2.05) is 26.0 Å². The van der Waals surface area contributed by atoms with Crippen LogP contribution in [-0.4, -0.2) is 16.1 Å². The highest BCUT2D eigenvalue weighted by atomic mass is 19.2. The Morgan fingerprint density at radius 3 is 2.42 bits per heavy atom. The summed E-state index contributed by atoms with van der Waals surface area (Å²) in [6.45, 7) is 4.04. The predicted molar refractivity (Wildman–Crippen MR) is 88.1 cm³/mol. The Morgan fingerprint density at radius 2 is 1.79 bits per heavy atom. The van der Waals surface area contributed by atoms with E-state index >= 15 is 0 Å². The van der Waals surface area contributed by atoms with Crippen molar-refractivity contribution >= 4 is 16.9 Å². The van der Waals surface area contributed by atoms with Crippen molar-refractivity contribution in [1.82, 2.24) is 4.98 Å². The van der Waals surface area contributed by atoms with Gasteiger partial charge >= 0.3 is 5.97 Å². The van der Waals surface area contributed by atoms with Crippen LogP contribution < -0.4 is 0 Å². The molecule has 3 nitrogen and oxygen atoms in total. The summed E-state index contributed by atoms with van der Waals surface area (Å²) < 4.78 is 26.6. The molecular weight excluding hydrogens is 312 g/mol. The topological polar surface area (TPSA) is 50.2 Å². The van der Waals surface area contributed by atoms with Crippen molar-refractivity contribution in [1.29, 1.82) is 0 Å². The second-order valence-electron chi connectivity index (χ2n) is 5.92. The van der Waals surface area contributed by atoms with E-state index in [0.717, 1.165) is 17.7 Å². The number of hydrogen-bond acceptors (Lipinski definition) is 2. The Balaban J connectivity index is 2.26. The number of halogens is 2. The molecule has 0 saturated carbocycles. The summed E-state index contributed by atoms with van der Waals surface area (Å²) in [4.78, 5) is 16.0. The first-order valence-corrected chi connectivity index (χ1v) is 7.50. The number of carboxylic acid groups (broad SMARTS) is 1. The van der Waals surface area contributed by atoms with Crippen molar-refractivity contribution in [2.75, 3.05) is 0 Å². The fourth-order valence-electron chi connectivity index (χ4n) is 2.58. The van der Waals surface area contributed by atoms with Crippen LogP contribution in [0.5, 0.6) is 0 Å². The van der Waals surface area contributed by atoms with Crippen LogP contribution in [0.15, 0.2) is 42.5 Å². The number of fused-ring (bicyclic) bond motifs is 1. The van der Waals surface area contributed by atoms with Crippen LogP contribution in [0.2, 0.25) is 0 Å². The minimum absolute atomic E-state index is 0.0854. The van der Waals surface area contributed by atoms with Gasteiger partial charge in [0.05, 0.1) is 16.8 Å². The monoisotopic (exact) mass is 327 g/mol. The van der Waals surface area contributed by atoms with E-state index in [1.54, 1.807) is 6.07 Å². The molecular formula is C19H15F2NO2. The molecule has 0 radical (unpaired) electrons. The van der Waals surface area contributed by atoms with E-state index < -0.39 is 17.6 Å². The lowest BCUT2D eigenvalue weighted by molar-refractivity contribution is 0.0699. The number of rotatable bonds is 3. The summed E-state index contributed by atoms with van der Waals surface area (Å²) in [6.07, 6.45) is 0. The largest absolute Gasteiger partial charge is 0.478 e. The van der Waals surface area contributed by atoms with E-state index in [9.17, 15) is 18.7 Å². The molecule has 0 bridgehead atoms. The average Bonchev–Trinajstić information content (AvgIpc) is 2.55. The van der Waals surface area contributed by atoms with Crippen molar-refractivity contribution in [3.8, 4) is 11.3 Å². The summed E-state index contributed by atoms with van der Waals surface area (Å²) in [5.74, 6) is -2.80. The van der Waals surface area contributed by atoms with Crippen molar-refractivity contribution in [2.45, 2.75) is 19.8 Å². The Labute approximate surface area is 137 Å². The molecule has 1 N–H and O–H groups in total. The Morgan fingerprint density at radius 1 is 1.04 bits per heavy atom. The first kappa shape index (κ1) is 16.1. The molecule has 0 unspecified atom stereocenters. The molecule has 0 aliphatic rings. The molecule has 3 aromatic rings. The molecule has 2 aromatic carbocycles. The number of benzene rings is 2. The smallest absolute Gasteiger partial charge is 0.336 e. The second kappa shape index (κ2) is 6.00. The van der Waals surface area contributed by atoms with Crippen molar-refractivity contribution in [2.24, 2.45) is 0 Å². The zero-order valence-electron chi connectivity index (χ0n) is 13.2. The van der Waals surface area contributed by atoms with Gasteiger partial charge in [-0.25, -0.2) is 18.6 Å². The van der Waals surface area contributed by atoms with Gasteiger partial charge in [0.1, 0.15) is 0 Å². The van der Waals surface area contributed by atoms with Crippen LogP contribution in [0.1, 0.15) is 35.7 Å². The zero-order valence-corrected chi connectivity index (χ0v) is 13.2. The van der Waals surface area contributed by atoms with Gasteiger partial charge in [0, 0.05) is 10.9 Å². The van der Waals surface area contributed by atoms with E-state index in [2.05, 4.69) is 4.98 Å². The number of aromatic carboxylic acids is 1. The molecule has 24 heavy (non-hydrogen) atoms. The Hall–Kier alpha value is -2.82. The molecule has 0 amide bonds. The summed E-state index contributed by atoms with van der Waals surface area (Å²) in [6, 6.07) is 10.2. The highest BCUT2D eigenvalue weighted by Gasteiger charge is 2.15. The van der Waals surface area contributed by atoms with Gasteiger partial charge in [-0.15, -0.1) is 0 Å². The maximum atomic E-state index is 13.5. The molecule has 1 heterocycles. The fraction of sp³-hybridized carbons (Fsp3) is 0.158. The highest BCUT2D eigenvalue weighted by Crippen LogP contribution is 2.28. The standard InChI is InChI=1S/C19H15F2NO2/c1-10(2)11-4-6-17-13(7-11)14(19(23)24)9-18(22-17)12-3-5-15(20)16(21)8-12/h3-10H,1-2H3,(H,23,24). The summed E-state index contributed by atoms with van der Waals surface area (Å²) >= 11 is 0. The number of hydrogen-bond donors (Lipinski definition) is 1. The number of aromatic nitrogens is 1. The van der Waals surface area contributed by atoms with Crippen LogP contribution in [-0.2, 0) is 0 Å². The molecule has 5 heteroatoms. The Kier molecular flexibility index (Phi) is 4.01. The summed E-state index contributed by atoms with van der Waals surface area (Å²) in [5, 5.41) is 10.0. The maximum Gasteiger partial charge on any atom is 0.336 e. The fourth-order valence-corrected chi connectivity index (χ4v) is 2.58. The maximum absolute atomic E-state index is 13.5. The van der Waals surface area contributed by atoms with Gasteiger partial charge in [0.25, 0.3) is 0 Å². The molecule has 0 atom stereocenters. The van der Waals surface area contributed by atoms with E-state index in [0.29, 0.717) is 16.5 Å². The minimum Gasteiger partial charge on any atom is -0.478 e. The quantitative estimate of drug-likeness (QED) is 0.736. The number of carboxylic acids is 1. The normalized spacial score (nSPS) is 11.2. The third kappa shape index (κ3) is 2.85. The number of pyridine rings is 1. The molecule has 0 aliphatic carbocycles. The van der Waals surface area contributed by atoms with Gasteiger partial charge in [0.2, 0.25) is 0 Å². The van der Waals surface area contributed by atoms with Gasteiger partial charge in [-0.2, -0.15) is 0 Å². The summed E-state index contributed by atoms with van der Waals surface area (Å²) in [7, 11) is 0. The van der Waals surface area contributed by atoms with E-state index in [4.69, 9.17) is 0 Å². The second-order valence-corrected chi connectivity index (χ2v) is 5.92. The summed E-state index contributed by atoms with van der Waals surface area (Å²) in [5.41, 5.74) is 2.20. The number of nitrogens with zero attached hydrogens (tertiary/aromatic N) is 1. The molecule has 1 aromatic heterocycles. The van der Waals surface area contributed by atoms with Gasteiger partial charge in [-0.1, -0.05) is 19.9 Å². The SMILES string of the molecule is CC(C)c1ccc2nc(-c3ccc(F)c(F)c3)cc(C(=O)O)c2c1. The van der Waals surface area contributed by atoms with Crippen LogP contribution in [0.4, 0.5) is 8.78 Å². The van der Waals surface area contributed by atoms with Crippen LogP contribution in [0.3, 0.4) is 0 Å². The lowest BCUT2D eigenvalue weighted by Gasteiger charge is -2.11. The van der Waals surface area contributed by atoms with E-state index in [-0.39, 0.29) is 17.2 Å². The molecule has 122 valence electrons. The van der Waals surface area contributed by atoms with Crippen LogP contribution >= 0.6 is 0 Å². The van der Waals surface area contributed by atoms with Crippen molar-refractivity contribution in [3.05, 3.63) is 65.2 Å². The Bertz CT molecular complexity index is 951. The van der Waals surface area contributed by atoms with Crippen molar-refractivity contribution < 1.29 is 18.7 Å². The average molecular weight is 327 g/mol. The van der Waals surface area contributed by atoms with Gasteiger partial charge in [0.15, 0.2) is 11.6 Å². The van der Waals surface area contributed by atoms with Crippen molar-refractivity contribution in [3.63, 3.8) is 0 Å². The van der Waals surface area contributed by atoms with Gasteiger partial charge in [-0.3, -0.25) is 0 Å². The zero-order chi connectivity index (χ0) is 17.4. The molecule has 0 fully saturated rings. The minimum atomic E-state index is -1.09. The third-order valence-electron chi connectivity index (χ3n) is 3.95. The third-order valence-corrected chi connectivity index (χ3v) is 3.95. The molecule has 0 spiro atoms. The number of carbonyl (C=O) groups is 1. The van der Waals surface area contributed by atoms with E-state index in [1.165, 1.54) is 12.1 Å². The lowest BCUT2D eigenvalue weighted by atomic mass is 9.97.